The highest BCUT2D eigenvalue weighted by Crippen LogP contribution is 2.33. The third-order valence-corrected chi connectivity index (χ3v) is 5.40. The molecule has 138 valence electrons. The molecule has 1 amide bonds. The number of rotatable bonds is 3. The fraction of sp³-hybridized carbons (Fsp3) is 0.737. The topological polar surface area (TPSA) is 69.3 Å². The molecule has 0 aromatic carbocycles. The first-order valence-corrected chi connectivity index (χ1v) is 9.39. The smallest absolute Gasteiger partial charge is 0.274 e. The molecule has 0 bridgehead atoms. The van der Waals surface area contributed by atoms with Crippen LogP contribution in [0.3, 0.4) is 0 Å². The normalized spacial score (nSPS) is 23.2. The molecule has 3 rings (SSSR count). The zero-order chi connectivity index (χ0) is 18.0. The van der Waals surface area contributed by atoms with Crippen LogP contribution < -0.4 is 5.56 Å². The Labute approximate surface area is 149 Å². The summed E-state index contributed by atoms with van der Waals surface area (Å²) in [6.07, 6.45) is 3.43. The average Bonchev–Trinajstić information content (AvgIpc) is 3.01. The predicted molar refractivity (Wildman–Crippen MR) is 97.5 cm³/mol. The van der Waals surface area contributed by atoms with E-state index in [0.717, 1.165) is 37.8 Å². The van der Waals surface area contributed by atoms with Gasteiger partial charge in [-0.15, -0.1) is 0 Å². The van der Waals surface area contributed by atoms with Crippen LogP contribution >= 0.6 is 0 Å². The van der Waals surface area contributed by atoms with Gasteiger partial charge in [0.2, 0.25) is 0 Å². The number of nitrogens with zero attached hydrogens (tertiary/aromatic N) is 3. The first kappa shape index (κ1) is 18.1. The molecule has 3 heterocycles. The van der Waals surface area contributed by atoms with Crippen LogP contribution in [0.1, 0.15) is 50.5 Å². The molecule has 2 aliphatic heterocycles. The van der Waals surface area contributed by atoms with Gasteiger partial charge >= 0.3 is 0 Å². The van der Waals surface area contributed by atoms with E-state index in [1.807, 2.05) is 4.90 Å². The van der Waals surface area contributed by atoms with E-state index in [0.29, 0.717) is 11.1 Å². The van der Waals surface area contributed by atoms with E-state index >= 15 is 0 Å². The number of aromatic nitrogens is 2. The number of likely N-dealkylation sites (tertiary alicyclic amines) is 2. The summed E-state index contributed by atoms with van der Waals surface area (Å²) in [5.74, 6) is 1.42. The number of aromatic amines is 1. The number of amides is 1. The molecule has 0 saturated carbocycles. The number of carbonyl (C=O) groups excluding carboxylic acids is 1. The van der Waals surface area contributed by atoms with E-state index in [4.69, 9.17) is 0 Å². The number of H-pyrrole nitrogens is 1. The quantitative estimate of drug-likeness (QED) is 0.909. The standard InChI is InChI=1S/C19H30N4O2/c1-19(2,3)13-22-9-6-15(12-22)14-7-10-23(11-8-14)18(25)16-4-5-17(24)21-20-16/h4-5,14-15H,6-13H2,1-3H3,(H,21,24). The van der Waals surface area contributed by atoms with Crippen LogP contribution in [0, 0.1) is 17.3 Å². The van der Waals surface area contributed by atoms with Crippen molar-refractivity contribution in [1.29, 1.82) is 0 Å². The summed E-state index contributed by atoms with van der Waals surface area (Å²) in [5.41, 5.74) is 0.403. The van der Waals surface area contributed by atoms with Gasteiger partial charge in [0.15, 0.2) is 0 Å². The molecule has 1 N–H and O–H groups in total. The van der Waals surface area contributed by atoms with Gasteiger partial charge < -0.3 is 9.80 Å². The summed E-state index contributed by atoms with van der Waals surface area (Å²) in [5, 5.41) is 6.20. The van der Waals surface area contributed by atoms with Crippen molar-refractivity contribution in [2.45, 2.75) is 40.0 Å². The maximum atomic E-state index is 12.5. The zero-order valence-electron chi connectivity index (χ0n) is 15.6. The van der Waals surface area contributed by atoms with Gasteiger partial charge in [-0.2, -0.15) is 5.10 Å². The fourth-order valence-electron chi connectivity index (χ4n) is 4.26. The lowest BCUT2D eigenvalue weighted by atomic mass is 9.83. The Morgan fingerprint density at radius 1 is 1.16 bits per heavy atom. The summed E-state index contributed by atoms with van der Waals surface area (Å²) < 4.78 is 0. The van der Waals surface area contributed by atoms with Gasteiger partial charge in [-0.3, -0.25) is 9.59 Å². The number of hydrogen-bond acceptors (Lipinski definition) is 4. The van der Waals surface area contributed by atoms with Crippen molar-refractivity contribution in [2.75, 3.05) is 32.7 Å². The van der Waals surface area contributed by atoms with Crippen molar-refractivity contribution in [3.63, 3.8) is 0 Å². The molecule has 1 atom stereocenters. The molecular weight excluding hydrogens is 316 g/mol. The third kappa shape index (κ3) is 4.69. The van der Waals surface area contributed by atoms with Gasteiger partial charge in [0.1, 0.15) is 5.69 Å². The van der Waals surface area contributed by atoms with Crippen LogP contribution in [0.4, 0.5) is 0 Å². The fourth-order valence-corrected chi connectivity index (χ4v) is 4.26. The Kier molecular flexibility index (Phi) is 5.27. The molecule has 2 saturated heterocycles. The minimum atomic E-state index is -0.281. The van der Waals surface area contributed by atoms with E-state index in [9.17, 15) is 9.59 Å². The van der Waals surface area contributed by atoms with Gasteiger partial charge in [0.25, 0.3) is 11.5 Å². The summed E-state index contributed by atoms with van der Waals surface area (Å²) in [6, 6.07) is 2.87. The molecule has 2 fully saturated rings. The minimum Gasteiger partial charge on any atom is -0.337 e. The second-order valence-electron chi connectivity index (χ2n) is 8.78. The van der Waals surface area contributed by atoms with E-state index in [-0.39, 0.29) is 11.5 Å². The molecule has 1 unspecified atom stereocenters. The van der Waals surface area contributed by atoms with Crippen LogP contribution in [-0.4, -0.2) is 58.6 Å². The summed E-state index contributed by atoms with van der Waals surface area (Å²) >= 11 is 0. The number of carbonyl (C=O) groups is 1. The molecule has 1 aromatic heterocycles. The van der Waals surface area contributed by atoms with Gasteiger partial charge in [-0.25, -0.2) is 5.10 Å². The van der Waals surface area contributed by atoms with Crippen LogP contribution in [0.5, 0.6) is 0 Å². The van der Waals surface area contributed by atoms with E-state index in [1.165, 1.54) is 38.2 Å². The highest BCUT2D eigenvalue weighted by molar-refractivity contribution is 5.92. The van der Waals surface area contributed by atoms with Gasteiger partial charge in [-0.1, -0.05) is 20.8 Å². The van der Waals surface area contributed by atoms with E-state index < -0.39 is 0 Å². The van der Waals surface area contributed by atoms with Crippen molar-refractivity contribution in [3.8, 4) is 0 Å². The first-order valence-electron chi connectivity index (χ1n) is 9.39. The van der Waals surface area contributed by atoms with E-state index in [2.05, 4.69) is 35.9 Å². The van der Waals surface area contributed by atoms with Crippen LogP contribution in [-0.2, 0) is 0 Å². The van der Waals surface area contributed by atoms with Crippen LogP contribution in [0.15, 0.2) is 16.9 Å². The Hall–Kier alpha value is -1.69. The molecule has 0 aliphatic carbocycles. The number of nitrogens with one attached hydrogen (secondary N) is 1. The Morgan fingerprint density at radius 2 is 1.84 bits per heavy atom. The summed E-state index contributed by atoms with van der Waals surface area (Å²) in [4.78, 5) is 28.0. The van der Waals surface area contributed by atoms with Crippen molar-refractivity contribution < 1.29 is 4.79 Å². The second-order valence-corrected chi connectivity index (χ2v) is 8.78. The highest BCUT2D eigenvalue weighted by atomic mass is 16.2. The van der Waals surface area contributed by atoms with Gasteiger partial charge in [-0.05, 0) is 49.1 Å². The van der Waals surface area contributed by atoms with Crippen molar-refractivity contribution in [3.05, 3.63) is 28.2 Å². The van der Waals surface area contributed by atoms with Crippen molar-refractivity contribution in [1.82, 2.24) is 20.0 Å². The Bertz CT molecular complexity index is 636. The molecule has 1 aromatic rings. The maximum absolute atomic E-state index is 12.5. The van der Waals surface area contributed by atoms with Crippen LogP contribution in [0.25, 0.3) is 0 Å². The number of piperidine rings is 1. The lowest BCUT2D eigenvalue weighted by molar-refractivity contribution is 0.0650. The number of hydrogen-bond donors (Lipinski definition) is 1. The molecule has 6 nitrogen and oxygen atoms in total. The Balaban J connectivity index is 1.50. The lowest BCUT2D eigenvalue weighted by Gasteiger charge is -2.35. The molecule has 6 heteroatoms. The minimum absolute atomic E-state index is 0.0736. The van der Waals surface area contributed by atoms with Gasteiger partial charge in [0, 0.05) is 32.2 Å². The Morgan fingerprint density at radius 3 is 2.44 bits per heavy atom. The summed E-state index contributed by atoms with van der Waals surface area (Å²) in [7, 11) is 0. The molecule has 2 aliphatic rings. The van der Waals surface area contributed by atoms with Gasteiger partial charge in [0.05, 0.1) is 0 Å². The third-order valence-electron chi connectivity index (χ3n) is 5.40. The monoisotopic (exact) mass is 346 g/mol. The first-order chi connectivity index (χ1) is 11.8. The zero-order valence-corrected chi connectivity index (χ0v) is 15.6. The maximum Gasteiger partial charge on any atom is 0.274 e. The van der Waals surface area contributed by atoms with E-state index in [1.54, 1.807) is 0 Å². The largest absolute Gasteiger partial charge is 0.337 e. The van der Waals surface area contributed by atoms with Crippen LogP contribution in [0.2, 0.25) is 0 Å². The summed E-state index contributed by atoms with van der Waals surface area (Å²) in [6.45, 7) is 12.1. The van der Waals surface area contributed by atoms with Crippen molar-refractivity contribution in [2.24, 2.45) is 17.3 Å². The SMILES string of the molecule is CC(C)(C)CN1CCC(C2CCN(C(=O)c3ccc(=O)[nH]n3)CC2)C1. The molecule has 0 spiro atoms. The molecule has 25 heavy (non-hydrogen) atoms. The average molecular weight is 346 g/mol. The highest BCUT2D eigenvalue weighted by Gasteiger charge is 2.34. The second kappa shape index (κ2) is 7.28. The molecule has 0 radical (unpaired) electrons. The van der Waals surface area contributed by atoms with Crippen molar-refractivity contribution >= 4 is 5.91 Å². The lowest BCUT2D eigenvalue weighted by Crippen LogP contribution is -2.41. The predicted octanol–water partition coefficient (Wildman–Crippen LogP) is 1.99. The molecular formula is C19H30N4O2.